The molecule has 3 N–H and O–H groups in total. The maximum atomic E-state index is 13.2. The van der Waals surface area contributed by atoms with Crippen LogP contribution in [0.2, 0.25) is 0 Å². The van der Waals surface area contributed by atoms with Gasteiger partial charge in [0.1, 0.15) is 18.8 Å². The SMILES string of the molecule is CCCCC/C=C\C/C=C\CCCCCCCCCCCC(=O)OCC(COC1OC(C(=O)O)C(O)C(O)C1OC(=O)CCCCCCCCCCCCCCC)OC(=O)CCCCCCCCCCCCCCCCCCC. The van der Waals surface area contributed by atoms with E-state index in [9.17, 15) is 34.5 Å². The van der Waals surface area contributed by atoms with Crippen molar-refractivity contribution in [1.29, 1.82) is 0 Å². The molecule has 79 heavy (non-hydrogen) atoms. The van der Waals surface area contributed by atoms with Gasteiger partial charge < -0.3 is 39.0 Å². The topological polar surface area (TPSA) is 175 Å². The Balaban J connectivity index is 2.63. The van der Waals surface area contributed by atoms with Crippen LogP contribution in [0.5, 0.6) is 0 Å². The number of carboxylic acids is 1. The number of aliphatic hydroxyl groups excluding tert-OH is 2. The first-order valence-corrected chi connectivity index (χ1v) is 33.3. The highest BCUT2D eigenvalue weighted by molar-refractivity contribution is 5.74. The van der Waals surface area contributed by atoms with Crippen LogP contribution in [0, 0.1) is 0 Å². The Hall–Kier alpha value is -2.80. The van der Waals surface area contributed by atoms with E-state index in [-0.39, 0.29) is 25.9 Å². The lowest BCUT2D eigenvalue weighted by Gasteiger charge is -2.40. The van der Waals surface area contributed by atoms with Crippen LogP contribution in [0.3, 0.4) is 0 Å². The van der Waals surface area contributed by atoms with Gasteiger partial charge in [-0.1, -0.05) is 283 Å². The van der Waals surface area contributed by atoms with Gasteiger partial charge in [-0.25, -0.2) is 4.79 Å². The van der Waals surface area contributed by atoms with E-state index in [4.69, 9.17) is 23.7 Å². The molecular weight excluding hydrogens is 997 g/mol. The molecule has 0 amide bonds. The van der Waals surface area contributed by atoms with Crippen molar-refractivity contribution >= 4 is 23.9 Å². The van der Waals surface area contributed by atoms with Crippen molar-refractivity contribution in [3.8, 4) is 0 Å². The molecule has 0 spiro atoms. The van der Waals surface area contributed by atoms with E-state index in [1.165, 1.54) is 199 Å². The standard InChI is InChI=1S/C67H122O12/c1-4-7-10-13-16-19-22-25-27-29-30-32-33-36-38-41-44-47-50-53-59(68)75-56-58(77-60(69)54-51-48-45-42-40-37-34-31-28-26-23-20-17-14-11-8-5-2)57-76-67-65(63(72)62(71)64(79-67)66(73)74)78-61(70)55-52-49-46-43-39-35-24-21-18-15-12-9-6-3/h16,19,25,27,58,62-65,67,71-72H,4-15,17-18,20-24,26,28-57H2,1-3H3,(H,73,74)/b19-16-,27-25-. The summed E-state index contributed by atoms with van der Waals surface area (Å²) in [7, 11) is 0. The summed E-state index contributed by atoms with van der Waals surface area (Å²) in [5, 5.41) is 31.6. The third-order valence-corrected chi connectivity index (χ3v) is 15.5. The molecule has 0 saturated carbocycles. The van der Waals surface area contributed by atoms with E-state index >= 15 is 0 Å². The summed E-state index contributed by atoms with van der Waals surface area (Å²) in [4.78, 5) is 51.3. The van der Waals surface area contributed by atoms with E-state index in [0.29, 0.717) is 19.3 Å². The van der Waals surface area contributed by atoms with E-state index in [0.717, 1.165) is 70.6 Å². The maximum absolute atomic E-state index is 13.2. The van der Waals surface area contributed by atoms with Gasteiger partial charge in [0.2, 0.25) is 0 Å². The third-order valence-electron chi connectivity index (χ3n) is 15.5. The van der Waals surface area contributed by atoms with Crippen molar-refractivity contribution < 1.29 is 58.2 Å². The Morgan fingerprint density at radius 3 is 1.16 bits per heavy atom. The molecule has 1 fully saturated rings. The monoisotopic (exact) mass is 1120 g/mol. The lowest BCUT2D eigenvalue weighted by Crippen LogP contribution is -2.61. The van der Waals surface area contributed by atoms with E-state index in [1.807, 2.05) is 0 Å². The Bertz CT molecular complexity index is 1470. The summed E-state index contributed by atoms with van der Waals surface area (Å²) in [5.74, 6) is -3.08. The zero-order valence-corrected chi connectivity index (χ0v) is 51.1. The summed E-state index contributed by atoms with van der Waals surface area (Å²) >= 11 is 0. The zero-order valence-electron chi connectivity index (χ0n) is 51.1. The minimum Gasteiger partial charge on any atom is -0.479 e. The Kier molecular flexibility index (Phi) is 52.3. The van der Waals surface area contributed by atoms with Gasteiger partial charge in [-0.15, -0.1) is 0 Å². The number of hydrogen-bond acceptors (Lipinski definition) is 11. The molecule has 0 aromatic heterocycles. The molecular formula is C67H122O12. The molecule has 0 radical (unpaired) electrons. The van der Waals surface area contributed by atoms with Gasteiger partial charge in [-0.2, -0.15) is 0 Å². The summed E-state index contributed by atoms with van der Waals surface area (Å²) in [6, 6.07) is 0. The fourth-order valence-electron chi connectivity index (χ4n) is 10.4. The highest BCUT2D eigenvalue weighted by atomic mass is 16.7. The number of ether oxygens (including phenoxy) is 5. The van der Waals surface area contributed by atoms with Crippen molar-refractivity contribution in [3.63, 3.8) is 0 Å². The summed E-state index contributed by atoms with van der Waals surface area (Å²) in [6.07, 6.45) is 52.8. The number of aliphatic hydroxyl groups is 2. The van der Waals surface area contributed by atoms with E-state index in [2.05, 4.69) is 45.1 Å². The second-order valence-electron chi connectivity index (χ2n) is 23.1. The molecule has 12 nitrogen and oxygen atoms in total. The third kappa shape index (κ3) is 45.4. The Morgan fingerprint density at radius 2 is 0.759 bits per heavy atom. The average Bonchev–Trinajstić information content (AvgIpc) is 3.44. The molecule has 0 aliphatic carbocycles. The summed E-state index contributed by atoms with van der Waals surface area (Å²) < 4.78 is 28.6. The van der Waals surface area contributed by atoms with Crippen molar-refractivity contribution in [2.45, 2.75) is 366 Å². The lowest BCUT2D eigenvalue weighted by atomic mass is 9.98. The first-order chi connectivity index (χ1) is 38.6. The number of allylic oxidation sites excluding steroid dienone is 4. The van der Waals surface area contributed by atoms with Crippen molar-refractivity contribution in [2.75, 3.05) is 13.2 Å². The number of rotatable bonds is 58. The molecule has 462 valence electrons. The minimum absolute atomic E-state index is 0.0674. The normalized spacial score (nSPS) is 17.9. The molecule has 1 aliphatic rings. The molecule has 0 bridgehead atoms. The van der Waals surface area contributed by atoms with Crippen LogP contribution in [-0.2, 0) is 42.9 Å². The highest BCUT2D eigenvalue weighted by Gasteiger charge is 2.50. The van der Waals surface area contributed by atoms with Crippen LogP contribution in [0.1, 0.15) is 329 Å². The highest BCUT2D eigenvalue weighted by Crippen LogP contribution is 2.27. The maximum Gasteiger partial charge on any atom is 0.335 e. The molecule has 1 rings (SSSR count). The predicted molar refractivity (Wildman–Crippen MR) is 322 cm³/mol. The molecule has 12 heteroatoms. The fraction of sp³-hybridized carbons (Fsp3) is 0.881. The van der Waals surface area contributed by atoms with Gasteiger partial charge >= 0.3 is 23.9 Å². The van der Waals surface area contributed by atoms with E-state index in [1.54, 1.807) is 0 Å². The predicted octanol–water partition coefficient (Wildman–Crippen LogP) is 17.8. The van der Waals surface area contributed by atoms with Crippen LogP contribution in [0.4, 0.5) is 0 Å². The number of hydrogen-bond donors (Lipinski definition) is 3. The second-order valence-corrected chi connectivity index (χ2v) is 23.1. The van der Waals surface area contributed by atoms with Gasteiger partial charge in [0.15, 0.2) is 24.6 Å². The van der Waals surface area contributed by atoms with Gasteiger partial charge in [-0.05, 0) is 51.4 Å². The second kappa shape index (κ2) is 55.7. The van der Waals surface area contributed by atoms with Crippen LogP contribution in [0.25, 0.3) is 0 Å². The Morgan fingerprint density at radius 1 is 0.418 bits per heavy atom. The molecule has 1 saturated heterocycles. The fourth-order valence-corrected chi connectivity index (χ4v) is 10.4. The smallest absolute Gasteiger partial charge is 0.335 e. The van der Waals surface area contributed by atoms with Crippen molar-refractivity contribution in [2.24, 2.45) is 0 Å². The number of aliphatic carboxylic acids is 1. The number of unbranched alkanes of at least 4 members (excludes halogenated alkanes) is 40. The van der Waals surface area contributed by atoms with Gasteiger partial charge in [0, 0.05) is 19.3 Å². The van der Waals surface area contributed by atoms with Gasteiger partial charge in [0.25, 0.3) is 0 Å². The molecule has 0 aromatic carbocycles. The van der Waals surface area contributed by atoms with Gasteiger partial charge in [-0.3, -0.25) is 14.4 Å². The van der Waals surface area contributed by atoms with Gasteiger partial charge in [0.05, 0.1) is 6.61 Å². The Labute approximate surface area is 483 Å². The first kappa shape index (κ1) is 74.2. The molecule has 1 heterocycles. The van der Waals surface area contributed by atoms with Crippen molar-refractivity contribution in [1.82, 2.24) is 0 Å². The zero-order chi connectivity index (χ0) is 57.5. The minimum atomic E-state index is -1.90. The lowest BCUT2D eigenvalue weighted by molar-refractivity contribution is -0.301. The molecule has 6 unspecified atom stereocenters. The van der Waals surface area contributed by atoms with Crippen molar-refractivity contribution in [3.05, 3.63) is 24.3 Å². The molecule has 1 aliphatic heterocycles. The first-order valence-electron chi connectivity index (χ1n) is 33.3. The largest absolute Gasteiger partial charge is 0.479 e. The number of carboxylic acid groups (broad SMARTS) is 1. The van der Waals surface area contributed by atoms with Crippen LogP contribution < -0.4 is 0 Å². The van der Waals surface area contributed by atoms with Crippen LogP contribution >= 0.6 is 0 Å². The molecule has 0 aromatic rings. The number of carbonyl (C=O) groups excluding carboxylic acids is 3. The van der Waals surface area contributed by atoms with E-state index < -0.39 is 67.3 Å². The number of esters is 3. The molecule has 6 atom stereocenters. The number of carbonyl (C=O) groups is 4. The summed E-state index contributed by atoms with van der Waals surface area (Å²) in [5.41, 5.74) is 0. The quantitative estimate of drug-likeness (QED) is 0.0228. The summed E-state index contributed by atoms with van der Waals surface area (Å²) in [6.45, 7) is 6.02. The average molecular weight is 1120 g/mol. The van der Waals surface area contributed by atoms with Crippen LogP contribution in [0.15, 0.2) is 24.3 Å². The van der Waals surface area contributed by atoms with Crippen LogP contribution in [-0.4, -0.2) is 89.2 Å².